The highest BCUT2D eigenvalue weighted by atomic mass is 35.5. The molecular weight excluding hydrogens is 320 g/mol. The molecule has 1 aromatic carbocycles. The molecule has 0 radical (unpaired) electrons. The Morgan fingerprint density at radius 1 is 1.17 bits per heavy atom. The van der Waals surface area contributed by atoms with Gasteiger partial charge in [0.25, 0.3) is 5.91 Å². The van der Waals surface area contributed by atoms with Crippen LogP contribution in [0.5, 0.6) is 0 Å². The Kier molecular flexibility index (Phi) is 5.98. The molecule has 3 N–H and O–H groups in total. The number of nitrogens with one attached hydrogen (secondary N) is 2. The van der Waals surface area contributed by atoms with Crippen LogP contribution in [0.4, 0.5) is 0 Å². The summed E-state index contributed by atoms with van der Waals surface area (Å²) in [6, 6.07) is 6.53. The average molecular weight is 339 g/mol. The fourth-order valence-electron chi connectivity index (χ4n) is 2.39. The van der Waals surface area contributed by atoms with Crippen molar-refractivity contribution < 1.29 is 19.5 Å². The van der Waals surface area contributed by atoms with Gasteiger partial charge in [0.2, 0.25) is 5.91 Å². The third kappa shape index (κ3) is 5.25. The van der Waals surface area contributed by atoms with E-state index >= 15 is 0 Å². The van der Waals surface area contributed by atoms with Crippen LogP contribution in [0.3, 0.4) is 0 Å². The standard InChI is InChI=1S/C16H19ClN2O4/c17-12-5-3-10(4-6-12)15(21)18-7-1-2-14(20)19-13-8-11(9-13)16(22)23/h3-6,11,13H,1-2,7-9H2,(H,18,21)(H,19,20)(H,22,23). The van der Waals surface area contributed by atoms with Crippen LogP contribution in [0, 0.1) is 5.92 Å². The van der Waals surface area contributed by atoms with Crippen LogP contribution in [0.15, 0.2) is 24.3 Å². The minimum Gasteiger partial charge on any atom is -0.481 e. The summed E-state index contributed by atoms with van der Waals surface area (Å²) < 4.78 is 0. The SMILES string of the molecule is O=C(CCCNC(=O)c1ccc(Cl)cc1)NC1CC(C(=O)O)C1. The highest BCUT2D eigenvalue weighted by molar-refractivity contribution is 6.30. The third-order valence-electron chi connectivity index (χ3n) is 3.83. The van der Waals surface area contributed by atoms with E-state index in [0.29, 0.717) is 42.8 Å². The molecule has 0 aliphatic heterocycles. The summed E-state index contributed by atoms with van der Waals surface area (Å²) in [5, 5.41) is 14.9. The first-order valence-electron chi connectivity index (χ1n) is 7.51. The van der Waals surface area contributed by atoms with Crippen molar-refractivity contribution in [2.45, 2.75) is 31.7 Å². The summed E-state index contributed by atoms with van der Waals surface area (Å²) in [7, 11) is 0. The van der Waals surface area contributed by atoms with Crippen LogP contribution in [-0.2, 0) is 9.59 Å². The maximum Gasteiger partial charge on any atom is 0.306 e. The molecule has 1 saturated carbocycles. The van der Waals surface area contributed by atoms with Crippen LogP contribution in [0.1, 0.15) is 36.0 Å². The summed E-state index contributed by atoms with van der Waals surface area (Å²) in [5.74, 6) is -1.45. The summed E-state index contributed by atoms with van der Waals surface area (Å²) in [4.78, 5) is 34.2. The summed E-state index contributed by atoms with van der Waals surface area (Å²) in [6.45, 7) is 0.400. The van der Waals surface area contributed by atoms with Gasteiger partial charge in [-0.25, -0.2) is 0 Å². The Bertz CT molecular complexity index is 582. The Balaban J connectivity index is 1.58. The lowest BCUT2D eigenvalue weighted by molar-refractivity contribution is -0.146. The van der Waals surface area contributed by atoms with Gasteiger partial charge in [-0.05, 0) is 43.5 Å². The molecule has 0 spiro atoms. The zero-order valence-corrected chi connectivity index (χ0v) is 13.3. The van der Waals surface area contributed by atoms with E-state index in [1.54, 1.807) is 24.3 Å². The molecule has 0 bridgehead atoms. The van der Waals surface area contributed by atoms with E-state index in [4.69, 9.17) is 16.7 Å². The van der Waals surface area contributed by atoms with Crippen LogP contribution in [0.2, 0.25) is 5.02 Å². The molecule has 1 aliphatic carbocycles. The second-order valence-electron chi connectivity index (χ2n) is 5.64. The molecule has 7 heteroatoms. The molecule has 0 heterocycles. The Hall–Kier alpha value is -2.08. The van der Waals surface area contributed by atoms with Gasteiger partial charge in [0.05, 0.1) is 5.92 Å². The second kappa shape index (κ2) is 7.97. The Morgan fingerprint density at radius 2 is 1.83 bits per heavy atom. The minimum atomic E-state index is -0.805. The van der Waals surface area contributed by atoms with Crippen LogP contribution >= 0.6 is 11.6 Å². The first-order valence-corrected chi connectivity index (χ1v) is 7.89. The molecule has 124 valence electrons. The van der Waals surface area contributed by atoms with Gasteiger partial charge in [-0.2, -0.15) is 0 Å². The number of carbonyl (C=O) groups is 3. The Labute approximate surface area is 139 Å². The fraction of sp³-hybridized carbons (Fsp3) is 0.438. The zero-order chi connectivity index (χ0) is 16.8. The Morgan fingerprint density at radius 3 is 2.43 bits per heavy atom. The van der Waals surface area contributed by atoms with Gasteiger partial charge in [0.15, 0.2) is 0 Å². The van der Waals surface area contributed by atoms with Gasteiger partial charge in [0, 0.05) is 29.6 Å². The fourth-order valence-corrected chi connectivity index (χ4v) is 2.52. The molecule has 6 nitrogen and oxygen atoms in total. The van der Waals surface area contributed by atoms with E-state index in [-0.39, 0.29) is 23.8 Å². The second-order valence-corrected chi connectivity index (χ2v) is 6.07. The molecule has 1 aliphatic rings. The third-order valence-corrected chi connectivity index (χ3v) is 4.08. The number of amides is 2. The molecule has 23 heavy (non-hydrogen) atoms. The van der Waals surface area contributed by atoms with E-state index in [1.807, 2.05) is 0 Å². The number of halogens is 1. The van der Waals surface area contributed by atoms with Crippen molar-refractivity contribution in [3.05, 3.63) is 34.9 Å². The van der Waals surface area contributed by atoms with Crippen LogP contribution in [0.25, 0.3) is 0 Å². The number of aliphatic carboxylic acids is 1. The molecule has 0 atom stereocenters. The monoisotopic (exact) mass is 338 g/mol. The highest BCUT2D eigenvalue weighted by Crippen LogP contribution is 2.27. The van der Waals surface area contributed by atoms with Crippen molar-refractivity contribution in [1.29, 1.82) is 0 Å². The molecule has 0 aromatic heterocycles. The van der Waals surface area contributed by atoms with Gasteiger partial charge >= 0.3 is 5.97 Å². The predicted molar refractivity (Wildman–Crippen MR) is 85.3 cm³/mol. The van der Waals surface area contributed by atoms with Crippen molar-refractivity contribution in [3.8, 4) is 0 Å². The van der Waals surface area contributed by atoms with Crippen molar-refractivity contribution in [3.63, 3.8) is 0 Å². The molecule has 0 saturated heterocycles. The van der Waals surface area contributed by atoms with Gasteiger partial charge in [0.1, 0.15) is 0 Å². The van der Waals surface area contributed by atoms with Gasteiger partial charge in [-0.1, -0.05) is 11.6 Å². The average Bonchev–Trinajstić information content (AvgIpc) is 2.47. The number of hydrogen-bond acceptors (Lipinski definition) is 3. The summed E-state index contributed by atoms with van der Waals surface area (Å²) >= 11 is 5.75. The van der Waals surface area contributed by atoms with Crippen molar-refractivity contribution in [1.82, 2.24) is 10.6 Å². The van der Waals surface area contributed by atoms with E-state index in [1.165, 1.54) is 0 Å². The number of carboxylic acids is 1. The molecule has 1 fully saturated rings. The molecular formula is C16H19ClN2O4. The van der Waals surface area contributed by atoms with Crippen molar-refractivity contribution in [2.75, 3.05) is 6.54 Å². The highest BCUT2D eigenvalue weighted by Gasteiger charge is 2.34. The first kappa shape index (κ1) is 17.3. The number of carbonyl (C=O) groups excluding carboxylic acids is 2. The van der Waals surface area contributed by atoms with Crippen LogP contribution < -0.4 is 10.6 Å². The van der Waals surface area contributed by atoms with E-state index in [2.05, 4.69) is 10.6 Å². The normalized spacial score (nSPS) is 19.5. The maximum atomic E-state index is 11.8. The van der Waals surface area contributed by atoms with E-state index in [9.17, 15) is 14.4 Å². The zero-order valence-electron chi connectivity index (χ0n) is 12.5. The van der Waals surface area contributed by atoms with E-state index in [0.717, 1.165) is 0 Å². The lowest BCUT2D eigenvalue weighted by atomic mass is 9.80. The smallest absolute Gasteiger partial charge is 0.306 e. The van der Waals surface area contributed by atoms with E-state index < -0.39 is 5.97 Å². The molecule has 0 unspecified atom stereocenters. The number of rotatable bonds is 7. The molecule has 1 aromatic rings. The lowest BCUT2D eigenvalue weighted by Crippen LogP contribution is -2.46. The maximum absolute atomic E-state index is 11.8. The predicted octanol–water partition coefficient (Wildman–Crippen LogP) is 1.83. The lowest BCUT2D eigenvalue weighted by Gasteiger charge is -2.32. The quantitative estimate of drug-likeness (QED) is 0.661. The minimum absolute atomic E-state index is 0.0349. The van der Waals surface area contributed by atoms with Gasteiger partial charge in [-0.15, -0.1) is 0 Å². The summed E-state index contributed by atoms with van der Waals surface area (Å²) in [5.41, 5.74) is 0.521. The van der Waals surface area contributed by atoms with Crippen molar-refractivity contribution >= 4 is 29.4 Å². The largest absolute Gasteiger partial charge is 0.481 e. The molecule has 2 amide bonds. The van der Waals surface area contributed by atoms with Gasteiger partial charge < -0.3 is 15.7 Å². The topological polar surface area (TPSA) is 95.5 Å². The molecule has 2 rings (SSSR count). The van der Waals surface area contributed by atoms with Crippen LogP contribution in [-0.4, -0.2) is 35.5 Å². The number of hydrogen-bond donors (Lipinski definition) is 3. The number of carboxylic acid groups (broad SMARTS) is 1. The number of benzene rings is 1. The van der Waals surface area contributed by atoms with Crippen molar-refractivity contribution in [2.24, 2.45) is 5.92 Å². The summed E-state index contributed by atoms with van der Waals surface area (Å²) in [6.07, 6.45) is 1.82. The van der Waals surface area contributed by atoms with Gasteiger partial charge in [-0.3, -0.25) is 14.4 Å². The first-order chi connectivity index (χ1) is 11.0.